The summed E-state index contributed by atoms with van der Waals surface area (Å²) in [4.78, 5) is 25.0. The molecule has 0 saturated heterocycles. The topological polar surface area (TPSA) is 57.6 Å². The fourth-order valence-corrected chi connectivity index (χ4v) is 2.56. The lowest BCUT2D eigenvalue weighted by atomic mass is 9.98. The van der Waals surface area contributed by atoms with Gasteiger partial charge in [-0.15, -0.1) is 0 Å². The molecule has 4 nitrogen and oxygen atoms in total. The van der Waals surface area contributed by atoms with Crippen LogP contribution in [0.2, 0.25) is 0 Å². The van der Waals surface area contributed by atoms with Gasteiger partial charge in [0.25, 0.3) is 5.91 Å². The molecule has 19 heavy (non-hydrogen) atoms. The average molecular weight is 261 g/mol. The maximum Gasteiger partial charge on any atom is 0.323 e. The molecule has 0 atom stereocenters. The molecule has 1 N–H and O–H groups in total. The highest BCUT2D eigenvalue weighted by molar-refractivity contribution is 5.98. The normalized spacial score (nSPS) is 14.3. The van der Waals surface area contributed by atoms with Crippen LogP contribution < -0.4 is 0 Å². The molecule has 1 fully saturated rings. The first-order chi connectivity index (χ1) is 8.90. The maximum atomic E-state index is 12.6. The Hall–Kier alpha value is -1.84. The van der Waals surface area contributed by atoms with Crippen molar-refractivity contribution >= 4 is 11.9 Å². The zero-order valence-electron chi connectivity index (χ0n) is 11.6. The number of carbonyl (C=O) groups is 2. The molecule has 0 unspecified atom stereocenters. The van der Waals surface area contributed by atoms with Crippen LogP contribution in [0.25, 0.3) is 0 Å². The van der Waals surface area contributed by atoms with Gasteiger partial charge in [0, 0.05) is 11.6 Å². The van der Waals surface area contributed by atoms with Crippen LogP contribution in [0.4, 0.5) is 0 Å². The molecule has 0 aromatic heterocycles. The largest absolute Gasteiger partial charge is 0.480 e. The molecule has 1 aromatic carbocycles. The van der Waals surface area contributed by atoms with Crippen molar-refractivity contribution in [3.8, 4) is 0 Å². The number of carboxylic acids is 1. The van der Waals surface area contributed by atoms with Gasteiger partial charge in [0.05, 0.1) is 0 Å². The van der Waals surface area contributed by atoms with Crippen LogP contribution in [0.5, 0.6) is 0 Å². The van der Waals surface area contributed by atoms with Crippen molar-refractivity contribution in [2.24, 2.45) is 0 Å². The van der Waals surface area contributed by atoms with E-state index in [2.05, 4.69) is 0 Å². The van der Waals surface area contributed by atoms with E-state index >= 15 is 0 Å². The minimum Gasteiger partial charge on any atom is -0.480 e. The molecule has 102 valence electrons. The fourth-order valence-electron chi connectivity index (χ4n) is 2.56. The SMILES string of the molecule is Cc1cc(C)c(C(=O)N(CC(=O)O)C2CC2)c(C)c1. The standard InChI is InChI=1S/C15H19NO3/c1-9-6-10(2)14(11(3)7-9)15(19)16(8-13(17)18)12-4-5-12/h6-7,12H,4-5,8H2,1-3H3,(H,17,18). The van der Waals surface area contributed by atoms with Gasteiger partial charge >= 0.3 is 5.97 Å². The number of rotatable bonds is 4. The molecule has 1 amide bonds. The van der Waals surface area contributed by atoms with Gasteiger partial charge in [0.1, 0.15) is 6.54 Å². The van der Waals surface area contributed by atoms with Gasteiger partial charge in [-0.2, -0.15) is 0 Å². The van der Waals surface area contributed by atoms with E-state index in [9.17, 15) is 9.59 Å². The second-order valence-corrected chi connectivity index (χ2v) is 5.33. The van der Waals surface area contributed by atoms with Crippen molar-refractivity contribution in [3.63, 3.8) is 0 Å². The Morgan fingerprint density at radius 3 is 2.16 bits per heavy atom. The van der Waals surface area contributed by atoms with Crippen LogP contribution in [-0.4, -0.2) is 34.5 Å². The van der Waals surface area contributed by atoms with Crippen molar-refractivity contribution in [3.05, 3.63) is 34.4 Å². The number of carbonyl (C=O) groups excluding carboxylic acids is 1. The number of hydrogen-bond acceptors (Lipinski definition) is 2. The van der Waals surface area contributed by atoms with Gasteiger partial charge in [-0.3, -0.25) is 9.59 Å². The molecular formula is C15H19NO3. The van der Waals surface area contributed by atoms with Crippen LogP contribution in [0.1, 0.15) is 39.9 Å². The average Bonchev–Trinajstić information content (AvgIpc) is 3.07. The Kier molecular flexibility index (Phi) is 3.60. The van der Waals surface area contributed by atoms with Gasteiger partial charge < -0.3 is 10.0 Å². The summed E-state index contributed by atoms with van der Waals surface area (Å²) in [5, 5.41) is 8.95. The zero-order chi connectivity index (χ0) is 14.2. The third-order valence-corrected chi connectivity index (χ3v) is 3.45. The fraction of sp³-hybridized carbons (Fsp3) is 0.467. The quantitative estimate of drug-likeness (QED) is 0.904. The lowest BCUT2D eigenvalue weighted by Gasteiger charge is -2.22. The first-order valence-corrected chi connectivity index (χ1v) is 6.50. The summed E-state index contributed by atoms with van der Waals surface area (Å²) >= 11 is 0. The molecule has 0 radical (unpaired) electrons. The van der Waals surface area contributed by atoms with Gasteiger partial charge in [0.2, 0.25) is 0 Å². The van der Waals surface area contributed by atoms with E-state index in [0.29, 0.717) is 5.56 Å². The Morgan fingerprint density at radius 1 is 1.21 bits per heavy atom. The van der Waals surface area contributed by atoms with Crippen LogP contribution in [0.3, 0.4) is 0 Å². The summed E-state index contributed by atoms with van der Waals surface area (Å²) in [6.45, 7) is 5.58. The molecule has 0 heterocycles. The van der Waals surface area contributed by atoms with E-state index < -0.39 is 5.97 Å². The van der Waals surface area contributed by atoms with Crippen LogP contribution in [0.15, 0.2) is 12.1 Å². The molecule has 0 aliphatic heterocycles. The number of nitrogens with zero attached hydrogens (tertiary/aromatic N) is 1. The van der Waals surface area contributed by atoms with Gasteiger partial charge in [-0.05, 0) is 44.7 Å². The number of aliphatic carboxylic acids is 1. The van der Waals surface area contributed by atoms with E-state index in [1.807, 2.05) is 32.9 Å². The summed E-state index contributed by atoms with van der Waals surface area (Å²) in [7, 11) is 0. The van der Waals surface area contributed by atoms with Crippen LogP contribution in [0, 0.1) is 20.8 Å². The first kappa shape index (κ1) is 13.6. The molecule has 1 aliphatic carbocycles. The minimum atomic E-state index is -0.956. The molecule has 1 aliphatic rings. The number of hydrogen-bond donors (Lipinski definition) is 1. The van der Waals surface area contributed by atoms with Crippen molar-refractivity contribution in [2.45, 2.75) is 39.7 Å². The van der Waals surface area contributed by atoms with Crippen LogP contribution >= 0.6 is 0 Å². The Bertz CT molecular complexity index is 509. The van der Waals surface area contributed by atoms with Crippen molar-refractivity contribution in [2.75, 3.05) is 6.54 Å². The predicted octanol–water partition coefficient (Wildman–Crippen LogP) is 2.30. The second-order valence-electron chi connectivity index (χ2n) is 5.33. The smallest absolute Gasteiger partial charge is 0.323 e. The van der Waals surface area contributed by atoms with E-state index in [0.717, 1.165) is 29.5 Å². The van der Waals surface area contributed by atoms with E-state index in [1.165, 1.54) is 4.90 Å². The lowest BCUT2D eigenvalue weighted by Crippen LogP contribution is -2.38. The highest BCUT2D eigenvalue weighted by atomic mass is 16.4. The van der Waals surface area contributed by atoms with E-state index in [-0.39, 0.29) is 18.5 Å². The number of amides is 1. The Morgan fingerprint density at radius 2 is 1.74 bits per heavy atom. The molecular weight excluding hydrogens is 242 g/mol. The Balaban J connectivity index is 2.34. The monoisotopic (exact) mass is 261 g/mol. The number of benzene rings is 1. The number of aryl methyl sites for hydroxylation is 3. The minimum absolute atomic E-state index is 0.101. The highest BCUT2D eigenvalue weighted by Crippen LogP contribution is 2.29. The third kappa shape index (κ3) is 2.95. The van der Waals surface area contributed by atoms with Crippen molar-refractivity contribution in [1.29, 1.82) is 0 Å². The van der Waals surface area contributed by atoms with Gasteiger partial charge in [-0.1, -0.05) is 17.7 Å². The van der Waals surface area contributed by atoms with Crippen LogP contribution in [-0.2, 0) is 4.79 Å². The maximum absolute atomic E-state index is 12.6. The molecule has 1 saturated carbocycles. The van der Waals surface area contributed by atoms with Crippen molar-refractivity contribution in [1.82, 2.24) is 4.90 Å². The molecule has 4 heteroatoms. The van der Waals surface area contributed by atoms with Crippen molar-refractivity contribution < 1.29 is 14.7 Å². The highest BCUT2D eigenvalue weighted by Gasteiger charge is 2.35. The summed E-state index contributed by atoms with van der Waals surface area (Å²) in [6.07, 6.45) is 1.81. The van der Waals surface area contributed by atoms with E-state index in [1.54, 1.807) is 0 Å². The second kappa shape index (κ2) is 5.03. The number of carboxylic acid groups (broad SMARTS) is 1. The molecule has 1 aromatic rings. The summed E-state index contributed by atoms with van der Waals surface area (Å²) < 4.78 is 0. The summed E-state index contributed by atoms with van der Waals surface area (Å²) in [5.41, 5.74) is 3.60. The third-order valence-electron chi connectivity index (χ3n) is 3.45. The van der Waals surface area contributed by atoms with Gasteiger partial charge in [-0.25, -0.2) is 0 Å². The summed E-state index contributed by atoms with van der Waals surface area (Å²) in [5.74, 6) is -1.11. The zero-order valence-corrected chi connectivity index (χ0v) is 11.6. The Labute approximate surface area is 113 Å². The first-order valence-electron chi connectivity index (χ1n) is 6.50. The molecule has 0 spiro atoms. The summed E-state index contributed by atoms with van der Waals surface area (Å²) in [6, 6.07) is 4.03. The van der Waals surface area contributed by atoms with E-state index in [4.69, 9.17) is 5.11 Å². The molecule has 2 rings (SSSR count). The molecule has 0 bridgehead atoms. The van der Waals surface area contributed by atoms with Gasteiger partial charge in [0.15, 0.2) is 0 Å². The predicted molar refractivity (Wildman–Crippen MR) is 72.3 cm³/mol. The lowest BCUT2D eigenvalue weighted by molar-refractivity contribution is -0.137.